The van der Waals surface area contributed by atoms with Crippen LogP contribution < -0.4 is 0 Å². The number of carbonyl (C=O) groups excluding carboxylic acids is 1. The molecule has 0 aromatic heterocycles. The van der Waals surface area contributed by atoms with E-state index in [-0.39, 0.29) is 17.6 Å². The molecule has 3 unspecified atom stereocenters. The highest BCUT2D eigenvalue weighted by Crippen LogP contribution is 2.35. The van der Waals surface area contributed by atoms with E-state index in [4.69, 9.17) is 0 Å². The average molecular weight is 281 g/mol. The summed E-state index contributed by atoms with van der Waals surface area (Å²) in [7, 11) is 0. The van der Waals surface area contributed by atoms with Crippen molar-refractivity contribution in [3.05, 3.63) is 0 Å². The van der Waals surface area contributed by atoms with Gasteiger partial charge in [0.1, 0.15) is 0 Å². The average Bonchev–Trinajstić information content (AvgIpc) is 2.37. The molecule has 0 aromatic carbocycles. The summed E-state index contributed by atoms with van der Waals surface area (Å²) in [6.07, 6.45) is 8.18. The molecule has 0 spiro atoms. The Morgan fingerprint density at radius 2 is 1.75 bits per heavy atom. The van der Waals surface area contributed by atoms with E-state index < -0.39 is 0 Å². The quantitative estimate of drug-likeness (QED) is 0.843. The van der Waals surface area contributed by atoms with Crippen LogP contribution in [0.15, 0.2) is 0 Å². The monoisotopic (exact) mass is 281 g/mol. The molecule has 2 rings (SSSR count). The first-order valence-corrected chi connectivity index (χ1v) is 8.36. The molecule has 3 nitrogen and oxygen atoms in total. The Morgan fingerprint density at radius 3 is 2.40 bits per heavy atom. The van der Waals surface area contributed by atoms with Crippen molar-refractivity contribution in [2.75, 3.05) is 6.54 Å². The van der Waals surface area contributed by atoms with Crippen LogP contribution in [0.2, 0.25) is 0 Å². The van der Waals surface area contributed by atoms with Gasteiger partial charge in [-0.05, 0) is 37.5 Å². The van der Waals surface area contributed by atoms with Gasteiger partial charge in [0.05, 0.1) is 6.10 Å². The van der Waals surface area contributed by atoms with Gasteiger partial charge in [0.25, 0.3) is 0 Å². The minimum absolute atomic E-state index is 0.0459. The van der Waals surface area contributed by atoms with Crippen molar-refractivity contribution in [1.82, 2.24) is 4.90 Å². The lowest BCUT2D eigenvalue weighted by atomic mass is 9.77. The van der Waals surface area contributed by atoms with Crippen molar-refractivity contribution < 1.29 is 9.90 Å². The van der Waals surface area contributed by atoms with Crippen LogP contribution in [0, 0.1) is 11.3 Å². The Bertz CT molecular complexity index is 334. The molecule has 0 aromatic rings. The summed E-state index contributed by atoms with van der Waals surface area (Å²) in [5.74, 6) is 0.605. The molecule has 1 aliphatic heterocycles. The van der Waals surface area contributed by atoms with Crippen molar-refractivity contribution in [3.63, 3.8) is 0 Å². The van der Waals surface area contributed by atoms with Gasteiger partial charge >= 0.3 is 0 Å². The number of carbonyl (C=O) groups is 1. The van der Waals surface area contributed by atoms with Gasteiger partial charge in [-0.15, -0.1) is 0 Å². The second kappa shape index (κ2) is 6.46. The summed E-state index contributed by atoms with van der Waals surface area (Å²) in [6.45, 7) is 7.26. The maximum absolute atomic E-state index is 12.6. The third-order valence-electron chi connectivity index (χ3n) is 4.83. The fourth-order valence-electron chi connectivity index (χ4n) is 3.86. The van der Waals surface area contributed by atoms with Gasteiger partial charge in [-0.25, -0.2) is 0 Å². The molecule has 2 aliphatic rings. The second-order valence-electron chi connectivity index (χ2n) is 7.90. The maximum Gasteiger partial charge on any atom is 0.223 e. The Kier molecular flexibility index (Phi) is 5.11. The van der Waals surface area contributed by atoms with Gasteiger partial charge in [0, 0.05) is 24.9 Å². The highest BCUT2D eigenvalue weighted by molar-refractivity contribution is 5.77. The number of aliphatic hydroxyl groups excluding tert-OH is 1. The first-order chi connectivity index (χ1) is 9.38. The molecule has 0 bridgehead atoms. The van der Waals surface area contributed by atoms with Crippen LogP contribution in [0.4, 0.5) is 0 Å². The number of hydrogen-bond donors (Lipinski definition) is 1. The van der Waals surface area contributed by atoms with Crippen molar-refractivity contribution in [2.45, 2.75) is 84.3 Å². The smallest absolute Gasteiger partial charge is 0.223 e. The summed E-state index contributed by atoms with van der Waals surface area (Å²) in [5.41, 5.74) is 0.0459. The third kappa shape index (κ3) is 3.97. The largest absolute Gasteiger partial charge is 0.393 e. The van der Waals surface area contributed by atoms with Gasteiger partial charge in [-0.1, -0.05) is 33.6 Å². The summed E-state index contributed by atoms with van der Waals surface area (Å²) < 4.78 is 0. The van der Waals surface area contributed by atoms with E-state index in [0.717, 1.165) is 38.6 Å². The van der Waals surface area contributed by atoms with Crippen LogP contribution in [0.5, 0.6) is 0 Å². The van der Waals surface area contributed by atoms with Crippen molar-refractivity contribution >= 4 is 5.91 Å². The van der Waals surface area contributed by atoms with E-state index >= 15 is 0 Å². The number of amides is 1. The molecule has 1 saturated carbocycles. The van der Waals surface area contributed by atoms with E-state index in [1.807, 2.05) is 0 Å². The number of rotatable bonds is 2. The zero-order chi connectivity index (χ0) is 14.8. The molecule has 20 heavy (non-hydrogen) atoms. The molecular formula is C17H31NO2. The van der Waals surface area contributed by atoms with Gasteiger partial charge in [0.15, 0.2) is 0 Å². The fraction of sp³-hybridized carbons (Fsp3) is 0.941. The second-order valence-corrected chi connectivity index (χ2v) is 7.90. The number of piperidine rings is 1. The topological polar surface area (TPSA) is 40.5 Å². The first-order valence-electron chi connectivity index (χ1n) is 8.36. The number of likely N-dealkylation sites (tertiary alicyclic amines) is 1. The summed E-state index contributed by atoms with van der Waals surface area (Å²) in [5, 5.41) is 10.3. The molecule has 3 atom stereocenters. The molecule has 1 N–H and O–H groups in total. The highest BCUT2D eigenvalue weighted by atomic mass is 16.3. The maximum atomic E-state index is 12.6. The zero-order valence-corrected chi connectivity index (χ0v) is 13.4. The van der Waals surface area contributed by atoms with Gasteiger partial charge in [0.2, 0.25) is 5.91 Å². The minimum Gasteiger partial charge on any atom is -0.393 e. The zero-order valence-electron chi connectivity index (χ0n) is 13.4. The molecule has 2 fully saturated rings. The van der Waals surface area contributed by atoms with E-state index in [2.05, 4.69) is 25.7 Å². The fourth-order valence-corrected chi connectivity index (χ4v) is 3.86. The molecule has 1 heterocycles. The number of nitrogens with zero attached hydrogens (tertiary/aromatic N) is 1. The Hall–Kier alpha value is -0.570. The highest BCUT2D eigenvalue weighted by Gasteiger charge is 2.38. The van der Waals surface area contributed by atoms with E-state index in [0.29, 0.717) is 18.2 Å². The Morgan fingerprint density at radius 1 is 1.10 bits per heavy atom. The van der Waals surface area contributed by atoms with Gasteiger partial charge in [-0.3, -0.25) is 4.79 Å². The molecule has 0 radical (unpaired) electrons. The predicted octanol–water partition coefficient (Wildman–Crippen LogP) is 3.35. The first kappa shape index (κ1) is 15.8. The number of aliphatic hydroxyl groups is 1. The summed E-state index contributed by atoms with van der Waals surface area (Å²) >= 11 is 0. The van der Waals surface area contributed by atoms with Crippen molar-refractivity contribution in [3.8, 4) is 0 Å². The van der Waals surface area contributed by atoms with Crippen LogP contribution in [0.3, 0.4) is 0 Å². The van der Waals surface area contributed by atoms with E-state index in [1.165, 1.54) is 12.8 Å². The Labute approximate surface area is 123 Å². The SMILES string of the molecule is CC(C)(C)CC(=O)N1CCCCC1C1CCCCC1O. The molecule has 1 amide bonds. The van der Waals surface area contributed by atoms with Crippen molar-refractivity contribution in [2.24, 2.45) is 11.3 Å². The van der Waals surface area contributed by atoms with E-state index in [1.54, 1.807) is 0 Å². The lowest BCUT2D eigenvalue weighted by Crippen LogP contribution is -2.51. The molecule has 116 valence electrons. The standard InChI is InChI=1S/C17H31NO2/c1-17(2,3)12-16(20)18-11-7-6-9-14(18)13-8-4-5-10-15(13)19/h13-15,19H,4-12H2,1-3H3. The van der Waals surface area contributed by atoms with Crippen LogP contribution in [-0.4, -0.2) is 34.6 Å². The Balaban J connectivity index is 2.06. The summed E-state index contributed by atoms with van der Waals surface area (Å²) in [4.78, 5) is 14.7. The molecule has 1 aliphatic carbocycles. The lowest BCUT2D eigenvalue weighted by Gasteiger charge is -2.44. The molecule has 3 heteroatoms. The lowest BCUT2D eigenvalue weighted by molar-refractivity contribution is -0.140. The van der Waals surface area contributed by atoms with Gasteiger partial charge in [-0.2, -0.15) is 0 Å². The van der Waals surface area contributed by atoms with Crippen LogP contribution in [-0.2, 0) is 4.79 Å². The van der Waals surface area contributed by atoms with Crippen molar-refractivity contribution in [1.29, 1.82) is 0 Å². The molecule has 1 saturated heterocycles. The van der Waals surface area contributed by atoms with Gasteiger partial charge < -0.3 is 10.0 Å². The normalized spacial score (nSPS) is 32.2. The van der Waals surface area contributed by atoms with E-state index in [9.17, 15) is 9.90 Å². The van der Waals surface area contributed by atoms with Crippen LogP contribution in [0.25, 0.3) is 0 Å². The van der Waals surface area contributed by atoms with Crippen LogP contribution in [0.1, 0.15) is 72.1 Å². The molecular weight excluding hydrogens is 250 g/mol. The minimum atomic E-state index is -0.197. The predicted molar refractivity (Wildman–Crippen MR) is 81.4 cm³/mol. The van der Waals surface area contributed by atoms with Crippen LogP contribution >= 0.6 is 0 Å². The number of hydrogen-bond acceptors (Lipinski definition) is 2. The summed E-state index contributed by atoms with van der Waals surface area (Å²) in [6, 6.07) is 0.286. The third-order valence-corrected chi connectivity index (χ3v) is 4.83.